The summed E-state index contributed by atoms with van der Waals surface area (Å²) in [6.45, 7) is 3.61. The van der Waals surface area contributed by atoms with Crippen molar-refractivity contribution in [3.63, 3.8) is 0 Å². The Balaban J connectivity index is 1.45. The van der Waals surface area contributed by atoms with Gasteiger partial charge in [0.2, 0.25) is 0 Å². The molecule has 1 fully saturated rings. The highest BCUT2D eigenvalue weighted by Crippen LogP contribution is 2.38. The fourth-order valence-corrected chi connectivity index (χ4v) is 4.20. The van der Waals surface area contributed by atoms with Gasteiger partial charge in [0.15, 0.2) is 17.3 Å². The molecule has 2 aromatic carbocycles. The Kier molecular flexibility index (Phi) is 4.97. The lowest BCUT2D eigenvalue weighted by molar-refractivity contribution is 0.0653. The van der Waals surface area contributed by atoms with Gasteiger partial charge in [-0.05, 0) is 60.1 Å². The number of likely N-dealkylation sites (tertiary alicyclic amines) is 1. The quantitative estimate of drug-likeness (QED) is 0.620. The van der Waals surface area contributed by atoms with Crippen molar-refractivity contribution in [1.82, 2.24) is 14.9 Å². The van der Waals surface area contributed by atoms with E-state index in [4.69, 9.17) is 9.47 Å². The number of ether oxygens (including phenoxy) is 2. The predicted octanol–water partition coefficient (Wildman–Crippen LogP) is 4.51. The molecule has 0 spiro atoms. The maximum atomic E-state index is 14.4. The Bertz CT molecular complexity index is 1060. The van der Waals surface area contributed by atoms with Crippen LogP contribution in [0.25, 0.3) is 10.9 Å². The smallest absolute Gasteiger partial charge is 0.163 e. The van der Waals surface area contributed by atoms with Crippen molar-refractivity contribution in [2.24, 2.45) is 0 Å². The number of nitrogens with one attached hydrogen (secondary N) is 1. The summed E-state index contributed by atoms with van der Waals surface area (Å²) in [5.41, 5.74) is 1.04. The second kappa shape index (κ2) is 7.76. The summed E-state index contributed by atoms with van der Waals surface area (Å²) in [5, 5.41) is 3.82. The molecule has 6 nitrogen and oxygen atoms in total. The average molecular weight is 459 g/mol. The lowest BCUT2D eigenvalue weighted by Crippen LogP contribution is -2.39. The van der Waals surface area contributed by atoms with Crippen molar-refractivity contribution in [3.05, 3.63) is 46.9 Å². The van der Waals surface area contributed by atoms with Gasteiger partial charge in [0, 0.05) is 18.0 Å². The molecule has 1 saturated heterocycles. The Labute approximate surface area is 176 Å². The molecule has 0 unspecified atom stereocenters. The zero-order valence-corrected chi connectivity index (χ0v) is 17.3. The van der Waals surface area contributed by atoms with E-state index < -0.39 is 0 Å². The first kappa shape index (κ1) is 18.6. The maximum Gasteiger partial charge on any atom is 0.163 e. The van der Waals surface area contributed by atoms with E-state index >= 15 is 0 Å². The van der Waals surface area contributed by atoms with Crippen molar-refractivity contribution in [2.45, 2.75) is 18.9 Å². The standard InChI is InChI=1S/C21H20BrFN4O2/c22-15-4-3-5-16(20(15)23)26-21-14-8-19-18(9-17(14)24-12-25-21)28-11-13(29-19)10-27-6-1-2-7-27/h3-5,8-9,12-13H,1-2,6-7,10-11H2,(H,24,25,26)/t13-/m1/s1. The highest BCUT2D eigenvalue weighted by Gasteiger charge is 2.26. The fraction of sp³-hybridized carbons (Fsp3) is 0.333. The number of benzene rings is 2. The molecule has 5 rings (SSSR count). The molecule has 0 aliphatic carbocycles. The zero-order valence-electron chi connectivity index (χ0n) is 15.7. The molecule has 1 N–H and O–H groups in total. The molecule has 29 heavy (non-hydrogen) atoms. The number of anilines is 2. The molecule has 1 atom stereocenters. The Morgan fingerprint density at radius 1 is 1.17 bits per heavy atom. The minimum absolute atomic E-state index is 0.0124. The SMILES string of the molecule is Fc1c(Br)cccc1Nc1ncnc2cc3c(cc12)O[C@H](CN1CCCC1)CO3. The summed E-state index contributed by atoms with van der Waals surface area (Å²) in [4.78, 5) is 11.1. The van der Waals surface area contributed by atoms with E-state index in [2.05, 4.69) is 36.1 Å². The van der Waals surface area contributed by atoms with E-state index in [9.17, 15) is 4.39 Å². The van der Waals surface area contributed by atoms with Crippen LogP contribution < -0.4 is 14.8 Å². The lowest BCUT2D eigenvalue weighted by Gasteiger charge is -2.29. The number of rotatable bonds is 4. The highest BCUT2D eigenvalue weighted by atomic mass is 79.9. The largest absolute Gasteiger partial charge is 0.486 e. The molecule has 8 heteroatoms. The number of aromatic nitrogens is 2. The molecular weight excluding hydrogens is 439 g/mol. The molecule has 0 bridgehead atoms. The topological polar surface area (TPSA) is 59.5 Å². The Morgan fingerprint density at radius 2 is 2.03 bits per heavy atom. The van der Waals surface area contributed by atoms with Crippen LogP contribution in [0.4, 0.5) is 15.9 Å². The Morgan fingerprint density at radius 3 is 2.90 bits per heavy atom. The summed E-state index contributed by atoms with van der Waals surface area (Å²) in [5.74, 6) is 1.48. The summed E-state index contributed by atoms with van der Waals surface area (Å²) in [7, 11) is 0. The third-order valence-corrected chi connectivity index (χ3v) is 5.90. The summed E-state index contributed by atoms with van der Waals surface area (Å²) >= 11 is 3.21. The molecule has 2 aliphatic rings. The van der Waals surface area contributed by atoms with Crippen LogP contribution in [0.2, 0.25) is 0 Å². The molecule has 1 aromatic heterocycles. The van der Waals surface area contributed by atoms with E-state index in [1.165, 1.54) is 19.2 Å². The van der Waals surface area contributed by atoms with Gasteiger partial charge in [0.05, 0.1) is 15.7 Å². The van der Waals surface area contributed by atoms with Gasteiger partial charge in [-0.25, -0.2) is 14.4 Å². The molecular formula is C21H20BrFN4O2. The average Bonchev–Trinajstić information content (AvgIpc) is 3.23. The molecule has 0 amide bonds. The van der Waals surface area contributed by atoms with Crippen LogP contribution in [-0.4, -0.2) is 47.2 Å². The first-order chi connectivity index (χ1) is 14.2. The van der Waals surface area contributed by atoms with Gasteiger partial charge in [0.1, 0.15) is 24.9 Å². The molecule has 0 saturated carbocycles. The van der Waals surface area contributed by atoms with Gasteiger partial charge in [-0.1, -0.05) is 6.07 Å². The van der Waals surface area contributed by atoms with E-state index in [-0.39, 0.29) is 11.9 Å². The van der Waals surface area contributed by atoms with E-state index in [0.29, 0.717) is 39.6 Å². The van der Waals surface area contributed by atoms with E-state index in [1.54, 1.807) is 18.2 Å². The van der Waals surface area contributed by atoms with Crippen LogP contribution in [0, 0.1) is 5.82 Å². The molecule has 0 radical (unpaired) electrons. The fourth-order valence-electron chi connectivity index (χ4n) is 3.84. The summed E-state index contributed by atoms with van der Waals surface area (Å²) in [6, 6.07) is 8.80. The Hall–Kier alpha value is -2.45. The van der Waals surface area contributed by atoms with Gasteiger partial charge in [-0.15, -0.1) is 0 Å². The monoisotopic (exact) mass is 458 g/mol. The predicted molar refractivity (Wildman–Crippen MR) is 113 cm³/mol. The van der Waals surface area contributed by atoms with Crippen molar-refractivity contribution in [3.8, 4) is 11.5 Å². The summed E-state index contributed by atoms with van der Waals surface area (Å²) in [6.07, 6.45) is 3.93. The van der Waals surface area contributed by atoms with Crippen molar-refractivity contribution >= 4 is 38.3 Å². The number of hydrogen-bond acceptors (Lipinski definition) is 6. The first-order valence-corrected chi connectivity index (χ1v) is 10.5. The minimum atomic E-state index is -0.373. The van der Waals surface area contributed by atoms with Gasteiger partial charge in [0.25, 0.3) is 0 Å². The number of halogens is 2. The van der Waals surface area contributed by atoms with E-state index in [1.807, 2.05) is 12.1 Å². The third kappa shape index (κ3) is 3.74. The maximum absolute atomic E-state index is 14.4. The van der Waals surface area contributed by atoms with Crippen LogP contribution in [0.3, 0.4) is 0 Å². The van der Waals surface area contributed by atoms with Crippen molar-refractivity contribution in [1.29, 1.82) is 0 Å². The summed E-state index contributed by atoms with van der Waals surface area (Å²) < 4.78 is 27.0. The molecule has 150 valence electrons. The van der Waals surface area contributed by atoms with E-state index in [0.717, 1.165) is 25.0 Å². The highest BCUT2D eigenvalue weighted by molar-refractivity contribution is 9.10. The zero-order chi connectivity index (χ0) is 19.8. The van der Waals surface area contributed by atoms with Crippen molar-refractivity contribution < 1.29 is 13.9 Å². The normalized spacial score (nSPS) is 18.9. The van der Waals surface area contributed by atoms with Crippen molar-refractivity contribution in [2.75, 3.05) is 31.6 Å². The first-order valence-electron chi connectivity index (χ1n) is 9.69. The van der Waals surface area contributed by atoms with Gasteiger partial charge in [-0.2, -0.15) is 0 Å². The van der Waals surface area contributed by atoms with Gasteiger partial charge in [-0.3, -0.25) is 4.90 Å². The second-order valence-electron chi connectivity index (χ2n) is 7.32. The number of fused-ring (bicyclic) bond motifs is 2. The van der Waals surface area contributed by atoms with Crippen LogP contribution >= 0.6 is 15.9 Å². The number of hydrogen-bond donors (Lipinski definition) is 1. The number of nitrogens with zero attached hydrogens (tertiary/aromatic N) is 3. The van der Waals surface area contributed by atoms with Crippen LogP contribution in [0.1, 0.15) is 12.8 Å². The minimum Gasteiger partial charge on any atom is -0.486 e. The molecule has 3 aromatic rings. The second-order valence-corrected chi connectivity index (χ2v) is 8.18. The van der Waals surface area contributed by atoms with Gasteiger partial charge < -0.3 is 14.8 Å². The van der Waals surface area contributed by atoms with Crippen LogP contribution in [-0.2, 0) is 0 Å². The molecule has 3 heterocycles. The lowest BCUT2D eigenvalue weighted by atomic mass is 10.1. The molecule has 2 aliphatic heterocycles. The van der Waals surface area contributed by atoms with Gasteiger partial charge >= 0.3 is 0 Å². The van der Waals surface area contributed by atoms with Crippen LogP contribution in [0.15, 0.2) is 41.1 Å². The van der Waals surface area contributed by atoms with Crippen LogP contribution in [0.5, 0.6) is 11.5 Å². The third-order valence-electron chi connectivity index (χ3n) is 5.28.